The number of likely N-dealkylation sites (tertiary alicyclic amines) is 1. The van der Waals surface area contributed by atoms with Crippen molar-refractivity contribution >= 4 is 11.7 Å². The van der Waals surface area contributed by atoms with Crippen molar-refractivity contribution in [2.75, 3.05) is 25.5 Å². The summed E-state index contributed by atoms with van der Waals surface area (Å²) in [4.78, 5) is 25.2. The lowest BCUT2D eigenvalue weighted by Gasteiger charge is -2.35. The summed E-state index contributed by atoms with van der Waals surface area (Å²) in [5, 5.41) is 4.23. The molecule has 1 saturated heterocycles. The van der Waals surface area contributed by atoms with E-state index < -0.39 is 0 Å². The zero-order valence-electron chi connectivity index (χ0n) is 13.8. The number of aromatic nitrogens is 4. The average molecular weight is 314 g/mol. The fraction of sp³-hybridized carbons (Fsp3) is 0.500. The summed E-state index contributed by atoms with van der Waals surface area (Å²) in [6, 6.07) is 0.0697. The monoisotopic (exact) mass is 314 g/mol. The predicted octanol–water partition coefficient (Wildman–Crippen LogP) is 1.64. The molecule has 7 nitrogen and oxygen atoms in total. The van der Waals surface area contributed by atoms with Gasteiger partial charge in [-0.1, -0.05) is 0 Å². The van der Waals surface area contributed by atoms with Crippen molar-refractivity contribution in [3.63, 3.8) is 0 Å². The standard InChI is InChI=1S/C16H22N6O/c1-20(2)15-10-17-13(9-18-15)16(23)22-7-5-4-6-14(22)12-8-19-21(3)11-12/h8-11,14H,4-7H2,1-3H3. The van der Waals surface area contributed by atoms with Crippen molar-refractivity contribution in [2.24, 2.45) is 7.05 Å². The van der Waals surface area contributed by atoms with Crippen LogP contribution in [0.2, 0.25) is 0 Å². The van der Waals surface area contributed by atoms with Crippen LogP contribution in [0.5, 0.6) is 0 Å². The van der Waals surface area contributed by atoms with Crippen LogP contribution in [-0.2, 0) is 7.05 Å². The lowest BCUT2D eigenvalue weighted by atomic mass is 9.97. The Balaban J connectivity index is 1.83. The van der Waals surface area contributed by atoms with Crippen LogP contribution >= 0.6 is 0 Å². The molecule has 0 saturated carbocycles. The molecule has 3 heterocycles. The van der Waals surface area contributed by atoms with Gasteiger partial charge in [0.05, 0.1) is 24.6 Å². The number of amides is 1. The minimum atomic E-state index is -0.0589. The zero-order valence-corrected chi connectivity index (χ0v) is 13.8. The van der Waals surface area contributed by atoms with Crippen LogP contribution in [0.3, 0.4) is 0 Å². The molecule has 3 rings (SSSR count). The largest absolute Gasteiger partial charge is 0.361 e. The Hall–Kier alpha value is -2.44. The van der Waals surface area contributed by atoms with Crippen LogP contribution in [0.1, 0.15) is 41.4 Å². The molecule has 2 aromatic rings. The van der Waals surface area contributed by atoms with Crippen molar-refractivity contribution in [1.82, 2.24) is 24.6 Å². The maximum atomic E-state index is 12.9. The van der Waals surface area contributed by atoms with Crippen LogP contribution in [0.25, 0.3) is 0 Å². The van der Waals surface area contributed by atoms with Gasteiger partial charge in [-0.05, 0) is 19.3 Å². The minimum Gasteiger partial charge on any atom is -0.361 e. The molecule has 0 radical (unpaired) electrons. The zero-order chi connectivity index (χ0) is 16.4. The summed E-state index contributed by atoms with van der Waals surface area (Å²) >= 11 is 0. The van der Waals surface area contributed by atoms with E-state index in [2.05, 4.69) is 15.1 Å². The van der Waals surface area contributed by atoms with Crippen LogP contribution in [-0.4, -0.2) is 51.2 Å². The molecule has 7 heteroatoms. The van der Waals surface area contributed by atoms with Crippen LogP contribution in [0.4, 0.5) is 5.82 Å². The fourth-order valence-corrected chi connectivity index (χ4v) is 2.94. The van der Waals surface area contributed by atoms with E-state index in [0.717, 1.165) is 37.2 Å². The van der Waals surface area contributed by atoms with Crippen molar-refractivity contribution in [3.8, 4) is 0 Å². The first-order valence-electron chi connectivity index (χ1n) is 7.85. The molecule has 0 N–H and O–H groups in total. The van der Waals surface area contributed by atoms with Crippen molar-refractivity contribution in [1.29, 1.82) is 0 Å². The number of carbonyl (C=O) groups is 1. The average Bonchev–Trinajstić information content (AvgIpc) is 3.00. The summed E-state index contributed by atoms with van der Waals surface area (Å²) in [7, 11) is 5.69. The minimum absolute atomic E-state index is 0.0589. The van der Waals surface area contributed by atoms with Gasteiger partial charge in [0, 0.05) is 39.4 Å². The first kappa shape index (κ1) is 15.5. The molecule has 0 aliphatic carbocycles. The molecule has 1 aliphatic heterocycles. The van der Waals surface area contributed by atoms with E-state index in [1.54, 1.807) is 17.1 Å². The fourth-order valence-electron chi connectivity index (χ4n) is 2.94. The summed E-state index contributed by atoms with van der Waals surface area (Å²) in [5.41, 5.74) is 1.48. The van der Waals surface area contributed by atoms with Gasteiger partial charge in [0.1, 0.15) is 11.5 Å². The number of hydrogen-bond donors (Lipinski definition) is 0. The van der Waals surface area contributed by atoms with E-state index in [1.165, 1.54) is 0 Å². The molecule has 2 aromatic heterocycles. The second-order valence-corrected chi connectivity index (χ2v) is 6.11. The molecule has 1 amide bonds. The lowest BCUT2D eigenvalue weighted by Crippen LogP contribution is -2.38. The van der Waals surface area contributed by atoms with Gasteiger partial charge in [-0.25, -0.2) is 9.97 Å². The molecule has 1 unspecified atom stereocenters. The van der Waals surface area contributed by atoms with Crippen LogP contribution in [0, 0.1) is 0 Å². The third-order valence-electron chi connectivity index (χ3n) is 4.19. The van der Waals surface area contributed by atoms with Crippen LogP contribution < -0.4 is 4.90 Å². The molecule has 23 heavy (non-hydrogen) atoms. The second-order valence-electron chi connectivity index (χ2n) is 6.11. The number of carbonyl (C=O) groups excluding carboxylic acids is 1. The summed E-state index contributed by atoms with van der Waals surface area (Å²) in [6.45, 7) is 0.746. The van der Waals surface area contributed by atoms with Gasteiger partial charge in [-0.15, -0.1) is 0 Å². The Morgan fingerprint density at radius 1 is 1.22 bits per heavy atom. The third kappa shape index (κ3) is 3.18. The van der Waals surface area contributed by atoms with Gasteiger partial charge in [0.25, 0.3) is 5.91 Å². The van der Waals surface area contributed by atoms with Gasteiger partial charge < -0.3 is 9.80 Å². The molecule has 1 aliphatic rings. The van der Waals surface area contributed by atoms with Gasteiger partial charge in [-0.3, -0.25) is 9.48 Å². The second kappa shape index (κ2) is 6.36. The molecule has 0 bridgehead atoms. The van der Waals surface area contributed by atoms with Gasteiger partial charge in [0.15, 0.2) is 0 Å². The molecule has 1 fully saturated rings. The molecular weight excluding hydrogens is 292 g/mol. The first-order chi connectivity index (χ1) is 11.1. The highest BCUT2D eigenvalue weighted by Crippen LogP contribution is 2.31. The number of rotatable bonds is 3. The van der Waals surface area contributed by atoms with Gasteiger partial charge >= 0.3 is 0 Å². The van der Waals surface area contributed by atoms with Crippen molar-refractivity contribution < 1.29 is 4.79 Å². The number of hydrogen-bond acceptors (Lipinski definition) is 5. The van der Waals surface area contributed by atoms with E-state index in [1.807, 2.05) is 43.3 Å². The van der Waals surface area contributed by atoms with Crippen molar-refractivity contribution in [3.05, 3.63) is 36.0 Å². The third-order valence-corrected chi connectivity index (χ3v) is 4.19. The van der Waals surface area contributed by atoms with E-state index in [0.29, 0.717) is 5.69 Å². The number of nitrogens with zero attached hydrogens (tertiary/aromatic N) is 6. The Labute approximate surface area is 135 Å². The van der Waals surface area contributed by atoms with Gasteiger partial charge in [-0.2, -0.15) is 5.10 Å². The summed E-state index contributed by atoms with van der Waals surface area (Å²) < 4.78 is 1.78. The summed E-state index contributed by atoms with van der Waals surface area (Å²) in [6.07, 6.45) is 10.1. The quantitative estimate of drug-likeness (QED) is 0.861. The maximum absolute atomic E-state index is 12.9. The maximum Gasteiger partial charge on any atom is 0.274 e. The first-order valence-corrected chi connectivity index (χ1v) is 7.85. The highest BCUT2D eigenvalue weighted by Gasteiger charge is 2.30. The van der Waals surface area contributed by atoms with E-state index >= 15 is 0 Å². The molecular formula is C16H22N6O. The Bertz CT molecular complexity index is 678. The van der Waals surface area contributed by atoms with E-state index in [-0.39, 0.29) is 11.9 Å². The smallest absolute Gasteiger partial charge is 0.274 e. The predicted molar refractivity (Wildman–Crippen MR) is 87.2 cm³/mol. The number of anilines is 1. The SMILES string of the molecule is CN(C)c1cnc(C(=O)N2CCCCC2c2cnn(C)c2)cn1. The van der Waals surface area contributed by atoms with Crippen LogP contribution in [0.15, 0.2) is 24.8 Å². The Morgan fingerprint density at radius 2 is 2.04 bits per heavy atom. The van der Waals surface area contributed by atoms with Crippen molar-refractivity contribution in [2.45, 2.75) is 25.3 Å². The topological polar surface area (TPSA) is 67.2 Å². The number of piperidine rings is 1. The summed E-state index contributed by atoms with van der Waals surface area (Å²) in [5.74, 6) is 0.681. The molecule has 0 aromatic carbocycles. The lowest BCUT2D eigenvalue weighted by molar-refractivity contribution is 0.0605. The van der Waals surface area contributed by atoms with E-state index in [9.17, 15) is 4.79 Å². The number of aryl methyl sites for hydroxylation is 1. The highest BCUT2D eigenvalue weighted by molar-refractivity contribution is 5.92. The molecule has 0 spiro atoms. The van der Waals surface area contributed by atoms with E-state index in [4.69, 9.17) is 0 Å². The Kier molecular flexibility index (Phi) is 4.27. The Morgan fingerprint density at radius 3 is 2.65 bits per heavy atom. The molecule has 122 valence electrons. The highest BCUT2D eigenvalue weighted by atomic mass is 16.2. The molecule has 1 atom stereocenters. The van der Waals surface area contributed by atoms with Gasteiger partial charge in [0.2, 0.25) is 0 Å². The normalized spacial score (nSPS) is 18.0.